The molecule has 4 nitrogen and oxygen atoms in total. The fourth-order valence-electron chi connectivity index (χ4n) is 0.872. The summed E-state index contributed by atoms with van der Waals surface area (Å²) in [7, 11) is 0. The van der Waals surface area contributed by atoms with Gasteiger partial charge in [-0.25, -0.2) is 0 Å². The molecule has 1 aliphatic heterocycles. The lowest BCUT2D eigenvalue weighted by molar-refractivity contribution is -0.153. The van der Waals surface area contributed by atoms with Gasteiger partial charge in [0.2, 0.25) is 0 Å². The molecular weight excluding hydrogens is 200 g/mol. The first kappa shape index (κ1) is 9.60. The van der Waals surface area contributed by atoms with E-state index in [1.807, 2.05) is 0 Å². The van der Waals surface area contributed by atoms with Crippen LogP contribution in [0.3, 0.4) is 0 Å². The minimum atomic E-state index is -1.00. The van der Waals surface area contributed by atoms with Crippen LogP contribution in [0.4, 0.5) is 0 Å². The molecule has 0 aromatic heterocycles. The summed E-state index contributed by atoms with van der Waals surface area (Å²) in [5, 5.41) is 0. The number of Topliss-reactive ketones (excluding diaryl/α,β-unsaturated/α-hetero) is 1. The molecule has 0 spiro atoms. The molecule has 0 bridgehead atoms. The van der Waals surface area contributed by atoms with Gasteiger partial charge in [0, 0.05) is 0 Å². The van der Waals surface area contributed by atoms with Gasteiger partial charge in [0.15, 0.2) is 5.78 Å². The van der Waals surface area contributed by atoms with Crippen LogP contribution in [0.15, 0.2) is 0 Å². The first-order valence-corrected chi connectivity index (χ1v) is 4.20. The van der Waals surface area contributed by atoms with Crippen LogP contribution in [0.1, 0.15) is 6.42 Å². The van der Waals surface area contributed by atoms with Crippen molar-refractivity contribution in [2.24, 2.45) is 5.92 Å². The Bertz CT molecular complexity index is 248. The number of rotatable bonds is 2. The fraction of sp³-hybridized carbons (Fsp3) is 0.500. The number of carbonyl (C=O) groups is 3. The van der Waals surface area contributed by atoms with Crippen LogP contribution in [0, 0.1) is 5.92 Å². The van der Waals surface area contributed by atoms with Gasteiger partial charge in [0.05, 0.1) is 6.42 Å². The summed E-state index contributed by atoms with van der Waals surface area (Å²) < 4.78 is 3.34. The van der Waals surface area contributed by atoms with Crippen LogP contribution < -0.4 is 0 Å². The maximum Gasteiger partial charge on any atom is 0.324 e. The average molecular weight is 206 g/mol. The predicted molar refractivity (Wildman–Crippen MR) is 46.0 cm³/mol. The van der Waals surface area contributed by atoms with E-state index in [0.717, 1.165) is 0 Å². The largest absolute Gasteiger partial charge is 0.393 e. The molecule has 0 saturated carbocycles. The molecular formula is C6H6O4S2. The summed E-state index contributed by atoms with van der Waals surface area (Å²) in [6.07, 6.45) is -0.185. The van der Waals surface area contributed by atoms with Gasteiger partial charge >= 0.3 is 11.9 Å². The number of hydrogen-bond acceptors (Lipinski definition) is 6. The second-order valence-corrected chi connectivity index (χ2v) is 3.77. The van der Waals surface area contributed by atoms with Crippen molar-refractivity contribution in [2.75, 3.05) is 0 Å². The SMILES string of the molecule is O=C1CC(C(=O)C(S)S)C(=O)O1. The molecule has 1 fully saturated rings. The van der Waals surface area contributed by atoms with Gasteiger partial charge in [-0.3, -0.25) is 14.4 Å². The quantitative estimate of drug-likeness (QED) is 0.285. The van der Waals surface area contributed by atoms with E-state index in [4.69, 9.17) is 0 Å². The van der Waals surface area contributed by atoms with Crippen LogP contribution in [0.5, 0.6) is 0 Å². The molecule has 0 aromatic carbocycles. The molecule has 0 aromatic rings. The van der Waals surface area contributed by atoms with Crippen LogP contribution in [0.25, 0.3) is 0 Å². The zero-order chi connectivity index (χ0) is 9.30. The van der Waals surface area contributed by atoms with E-state index < -0.39 is 28.2 Å². The normalized spacial score (nSPS) is 23.1. The minimum Gasteiger partial charge on any atom is -0.393 e. The van der Waals surface area contributed by atoms with Crippen molar-refractivity contribution in [3.8, 4) is 0 Å². The second-order valence-electron chi connectivity index (χ2n) is 2.33. The Morgan fingerprint density at radius 1 is 1.50 bits per heavy atom. The third kappa shape index (κ3) is 1.81. The molecule has 1 heterocycles. The second kappa shape index (κ2) is 3.49. The highest BCUT2D eigenvalue weighted by Crippen LogP contribution is 2.21. The highest BCUT2D eigenvalue weighted by Gasteiger charge is 2.40. The molecule has 12 heavy (non-hydrogen) atoms. The molecule has 1 saturated heterocycles. The van der Waals surface area contributed by atoms with Crippen molar-refractivity contribution >= 4 is 43.0 Å². The van der Waals surface area contributed by atoms with Crippen LogP contribution >= 0.6 is 25.3 Å². The van der Waals surface area contributed by atoms with Crippen LogP contribution in [0.2, 0.25) is 0 Å². The van der Waals surface area contributed by atoms with E-state index in [1.54, 1.807) is 0 Å². The smallest absolute Gasteiger partial charge is 0.324 e. The third-order valence-electron chi connectivity index (χ3n) is 1.47. The zero-order valence-corrected chi connectivity index (χ0v) is 7.68. The van der Waals surface area contributed by atoms with Crippen molar-refractivity contribution in [1.29, 1.82) is 0 Å². The number of cyclic esters (lactones) is 2. The summed E-state index contributed by atoms with van der Waals surface area (Å²) in [5.74, 6) is -2.95. The molecule has 0 radical (unpaired) electrons. The molecule has 0 amide bonds. The van der Waals surface area contributed by atoms with Crippen molar-refractivity contribution in [3.05, 3.63) is 0 Å². The van der Waals surface area contributed by atoms with Crippen LogP contribution in [-0.2, 0) is 19.1 Å². The summed E-state index contributed by atoms with van der Waals surface area (Å²) in [6.45, 7) is 0. The Morgan fingerprint density at radius 2 is 2.08 bits per heavy atom. The van der Waals surface area contributed by atoms with E-state index in [-0.39, 0.29) is 6.42 Å². The third-order valence-corrected chi connectivity index (χ3v) is 1.98. The number of thiol groups is 2. The van der Waals surface area contributed by atoms with E-state index in [1.165, 1.54) is 0 Å². The van der Waals surface area contributed by atoms with Gasteiger partial charge in [0.1, 0.15) is 10.5 Å². The maximum atomic E-state index is 11.1. The fourth-order valence-corrected chi connectivity index (χ4v) is 1.23. The first-order chi connectivity index (χ1) is 5.52. The van der Waals surface area contributed by atoms with Gasteiger partial charge in [-0.2, -0.15) is 25.3 Å². The predicted octanol–water partition coefficient (Wildman–Crippen LogP) is -0.169. The van der Waals surface area contributed by atoms with Crippen molar-refractivity contribution < 1.29 is 19.1 Å². The number of ketones is 1. The lowest BCUT2D eigenvalue weighted by atomic mass is 10.0. The monoisotopic (exact) mass is 206 g/mol. The average Bonchev–Trinajstić information content (AvgIpc) is 2.28. The number of carbonyl (C=O) groups excluding carboxylic acids is 3. The standard InChI is InChI=1S/C6H6O4S2/c7-3-1-2(5(9)10-3)4(8)6(11)12/h2,6,11-12H,1H2. The Labute approximate surface area is 79.5 Å². The number of esters is 2. The van der Waals surface area contributed by atoms with Gasteiger partial charge < -0.3 is 4.74 Å². The molecule has 1 aliphatic rings. The molecule has 6 heteroatoms. The lowest BCUT2D eigenvalue weighted by Gasteiger charge is -2.04. The van der Waals surface area contributed by atoms with Crippen LogP contribution in [-0.4, -0.2) is 22.3 Å². The first-order valence-electron chi connectivity index (χ1n) is 3.16. The van der Waals surface area contributed by atoms with Crippen molar-refractivity contribution in [3.63, 3.8) is 0 Å². The summed E-state index contributed by atoms with van der Waals surface area (Å²) in [4.78, 5) is 32.4. The summed E-state index contributed by atoms with van der Waals surface area (Å²) in [6, 6.07) is 0. The van der Waals surface area contributed by atoms with E-state index in [2.05, 4.69) is 30.0 Å². The van der Waals surface area contributed by atoms with Gasteiger partial charge in [-0.05, 0) is 0 Å². The van der Waals surface area contributed by atoms with E-state index in [0.29, 0.717) is 0 Å². The topological polar surface area (TPSA) is 60.4 Å². The molecule has 0 N–H and O–H groups in total. The summed E-state index contributed by atoms with van der Waals surface area (Å²) >= 11 is 7.47. The van der Waals surface area contributed by atoms with Gasteiger partial charge in [-0.15, -0.1) is 0 Å². The Hall–Kier alpha value is -0.490. The Kier molecular flexibility index (Phi) is 2.79. The zero-order valence-electron chi connectivity index (χ0n) is 5.89. The summed E-state index contributed by atoms with van der Waals surface area (Å²) in [5.41, 5.74) is 0. The number of ether oxygens (including phenoxy) is 1. The lowest BCUT2D eigenvalue weighted by Crippen LogP contribution is -2.24. The Balaban J connectivity index is 2.71. The van der Waals surface area contributed by atoms with E-state index in [9.17, 15) is 14.4 Å². The highest BCUT2D eigenvalue weighted by atomic mass is 32.2. The highest BCUT2D eigenvalue weighted by molar-refractivity contribution is 8.00. The molecule has 1 rings (SSSR count). The molecule has 1 atom stereocenters. The Morgan fingerprint density at radius 3 is 2.42 bits per heavy atom. The van der Waals surface area contributed by atoms with E-state index >= 15 is 0 Å². The molecule has 0 aliphatic carbocycles. The molecule has 66 valence electrons. The van der Waals surface area contributed by atoms with Crippen molar-refractivity contribution in [2.45, 2.75) is 11.0 Å². The molecule has 1 unspecified atom stereocenters. The minimum absolute atomic E-state index is 0.185. The van der Waals surface area contributed by atoms with Crippen molar-refractivity contribution in [1.82, 2.24) is 0 Å². The van der Waals surface area contributed by atoms with Gasteiger partial charge in [-0.1, -0.05) is 0 Å². The maximum absolute atomic E-state index is 11.1. The van der Waals surface area contributed by atoms with Gasteiger partial charge in [0.25, 0.3) is 0 Å². The number of hydrogen-bond donors (Lipinski definition) is 2.